The first-order valence-electron chi connectivity index (χ1n) is 5.55. The van der Waals surface area contributed by atoms with Crippen LogP contribution in [0.25, 0.3) is 0 Å². The highest BCUT2D eigenvalue weighted by atomic mass is 19.1. The minimum absolute atomic E-state index is 0.0998. The maximum absolute atomic E-state index is 13.5. The average molecular weight is 238 g/mol. The molecule has 0 amide bonds. The Bertz CT molecular complexity index is 464. The molecule has 1 saturated carbocycles. The van der Waals surface area contributed by atoms with Crippen molar-refractivity contribution in [3.63, 3.8) is 0 Å². The molecule has 1 aromatic rings. The number of aryl methyl sites for hydroxylation is 1. The molecule has 0 atom stereocenters. The van der Waals surface area contributed by atoms with Gasteiger partial charge >= 0.3 is 5.97 Å². The smallest absolute Gasteiger partial charge is 0.304 e. The molecule has 17 heavy (non-hydrogen) atoms. The van der Waals surface area contributed by atoms with Crippen molar-refractivity contribution in [1.29, 1.82) is 0 Å². The van der Waals surface area contributed by atoms with E-state index in [1.54, 1.807) is 13.0 Å². The summed E-state index contributed by atoms with van der Waals surface area (Å²) in [6.45, 7) is 1.81. The second-order valence-electron chi connectivity index (χ2n) is 4.65. The lowest BCUT2D eigenvalue weighted by Gasteiger charge is -2.17. The van der Waals surface area contributed by atoms with Gasteiger partial charge in [0.15, 0.2) is 11.6 Å². The zero-order valence-electron chi connectivity index (χ0n) is 9.92. The molecule has 0 radical (unpaired) electrons. The highest BCUT2D eigenvalue weighted by Gasteiger charge is 2.47. The van der Waals surface area contributed by atoms with E-state index in [0.717, 1.165) is 24.0 Å². The summed E-state index contributed by atoms with van der Waals surface area (Å²) in [5.41, 5.74) is 1.39. The Morgan fingerprint density at radius 3 is 2.65 bits per heavy atom. The zero-order valence-corrected chi connectivity index (χ0v) is 9.92. The molecule has 0 spiro atoms. The Balaban J connectivity index is 2.42. The van der Waals surface area contributed by atoms with Crippen LogP contribution in [0.2, 0.25) is 0 Å². The molecule has 4 heteroatoms. The average Bonchev–Trinajstić information content (AvgIpc) is 2.97. The van der Waals surface area contributed by atoms with Crippen LogP contribution < -0.4 is 4.74 Å². The van der Waals surface area contributed by atoms with E-state index in [9.17, 15) is 9.18 Å². The molecule has 0 saturated heterocycles. The molecule has 1 aromatic carbocycles. The zero-order chi connectivity index (χ0) is 12.6. The van der Waals surface area contributed by atoms with E-state index in [-0.39, 0.29) is 17.6 Å². The predicted molar refractivity (Wildman–Crippen MR) is 60.9 cm³/mol. The fourth-order valence-corrected chi connectivity index (χ4v) is 2.36. The van der Waals surface area contributed by atoms with Crippen LogP contribution in [-0.4, -0.2) is 18.2 Å². The fraction of sp³-hybridized carbons (Fsp3) is 0.462. The number of carbonyl (C=O) groups is 1. The number of ether oxygens (including phenoxy) is 1. The molecule has 1 N–H and O–H groups in total. The molecular formula is C13H15FO3. The molecule has 0 aromatic heterocycles. The number of halogens is 1. The van der Waals surface area contributed by atoms with Crippen molar-refractivity contribution in [3.8, 4) is 5.75 Å². The third-order valence-electron chi connectivity index (χ3n) is 3.41. The lowest BCUT2D eigenvalue weighted by Crippen LogP contribution is -2.14. The molecule has 3 nitrogen and oxygen atoms in total. The van der Waals surface area contributed by atoms with Gasteiger partial charge in [-0.3, -0.25) is 4.79 Å². The molecule has 0 bridgehead atoms. The number of carboxylic acids is 1. The molecule has 0 unspecified atom stereocenters. The van der Waals surface area contributed by atoms with Crippen molar-refractivity contribution in [2.45, 2.75) is 31.6 Å². The molecule has 1 aliphatic carbocycles. The molecule has 2 rings (SSSR count). The van der Waals surface area contributed by atoms with Gasteiger partial charge in [-0.05, 0) is 43.0 Å². The van der Waals surface area contributed by atoms with Crippen LogP contribution in [0.4, 0.5) is 4.39 Å². The van der Waals surface area contributed by atoms with E-state index in [2.05, 4.69) is 0 Å². The van der Waals surface area contributed by atoms with Crippen molar-refractivity contribution >= 4 is 5.97 Å². The Labute approximate surface area is 99.2 Å². The second-order valence-corrected chi connectivity index (χ2v) is 4.65. The first-order valence-corrected chi connectivity index (χ1v) is 5.55. The minimum Gasteiger partial charge on any atom is -0.494 e. The van der Waals surface area contributed by atoms with Gasteiger partial charge in [0, 0.05) is 5.41 Å². The highest BCUT2D eigenvalue weighted by molar-refractivity contribution is 5.70. The molecule has 0 heterocycles. The SMILES string of the molecule is COc1cc(C2(CC(=O)O)CC2)c(C)cc1F. The van der Waals surface area contributed by atoms with E-state index in [0.29, 0.717) is 0 Å². The normalized spacial score (nSPS) is 16.6. The summed E-state index contributed by atoms with van der Waals surface area (Å²) in [6.07, 6.45) is 1.78. The van der Waals surface area contributed by atoms with Crippen molar-refractivity contribution in [2.75, 3.05) is 7.11 Å². The fourth-order valence-electron chi connectivity index (χ4n) is 2.36. The summed E-state index contributed by atoms with van der Waals surface area (Å²) in [7, 11) is 1.41. The van der Waals surface area contributed by atoms with Gasteiger partial charge in [-0.15, -0.1) is 0 Å². The number of hydrogen-bond acceptors (Lipinski definition) is 2. The topological polar surface area (TPSA) is 46.5 Å². The van der Waals surface area contributed by atoms with E-state index in [1.165, 1.54) is 13.2 Å². The van der Waals surface area contributed by atoms with Crippen LogP contribution in [0.5, 0.6) is 5.75 Å². The van der Waals surface area contributed by atoms with Gasteiger partial charge in [0.2, 0.25) is 0 Å². The Hall–Kier alpha value is -1.58. The van der Waals surface area contributed by atoms with Gasteiger partial charge < -0.3 is 9.84 Å². The highest BCUT2D eigenvalue weighted by Crippen LogP contribution is 2.52. The van der Waals surface area contributed by atoms with E-state index in [4.69, 9.17) is 9.84 Å². The van der Waals surface area contributed by atoms with Crippen molar-refractivity contribution in [2.24, 2.45) is 0 Å². The lowest BCUT2D eigenvalue weighted by atomic mass is 9.88. The number of methoxy groups -OCH3 is 1. The molecular weight excluding hydrogens is 223 g/mol. The van der Waals surface area contributed by atoms with E-state index >= 15 is 0 Å². The van der Waals surface area contributed by atoms with Crippen molar-refractivity contribution in [3.05, 3.63) is 29.1 Å². The van der Waals surface area contributed by atoms with Crippen LogP contribution in [0.3, 0.4) is 0 Å². The standard InChI is InChI=1S/C13H15FO3/c1-8-5-10(14)11(17-2)6-9(8)13(3-4-13)7-12(15)16/h5-6H,3-4,7H2,1-2H3,(H,15,16). The van der Waals surface area contributed by atoms with Crippen molar-refractivity contribution < 1.29 is 19.0 Å². The third-order valence-corrected chi connectivity index (χ3v) is 3.41. The van der Waals surface area contributed by atoms with E-state index in [1.807, 2.05) is 0 Å². The first-order chi connectivity index (χ1) is 7.98. The number of carboxylic acid groups (broad SMARTS) is 1. The summed E-state index contributed by atoms with van der Waals surface area (Å²) in [4.78, 5) is 10.9. The summed E-state index contributed by atoms with van der Waals surface area (Å²) in [6, 6.07) is 3.05. The summed E-state index contributed by atoms with van der Waals surface area (Å²) in [5, 5.41) is 8.92. The second kappa shape index (κ2) is 4.02. The minimum atomic E-state index is -0.815. The van der Waals surface area contributed by atoms with Gasteiger partial charge in [-0.2, -0.15) is 0 Å². The molecule has 92 valence electrons. The van der Waals surface area contributed by atoms with Gasteiger partial charge in [-0.25, -0.2) is 4.39 Å². The number of hydrogen-bond donors (Lipinski definition) is 1. The quantitative estimate of drug-likeness (QED) is 0.877. The van der Waals surface area contributed by atoms with E-state index < -0.39 is 11.8 Å². The van der Waals surface area contributed by atoms with Gasteiger partial charge in [0.25, 0.3) is 0 Å². The van der Waals surface area contributed by atoms with Crippen LogP contribution in [-0.2, 0) is 10.2 Å². The Morgan fingerprint density at radius 2 is 2.18 bits per heavy atom. The first kappa shape index (κ1) is 11.9. The van der Waals surface area contributed by atoms with Gasteiger partial charge in [0.1, 0.15) is 0 Å². The van der Waals surface area contributed by atoms with Gasteiger partial charge in [-0.1, -0.05) is 0 Å². The molecule has 1 fully saturated rings. The summed E-state index contributed by atoms with van der Waals surface area (Å²) >= 11 is 0. The van der Waals surface area contributed by atoms with Crippen LogP contribution in [0.1, 0.15) is 30.4 Å². The third kappa shape index (κ3) is 2.12. The van der Waals surface area contributed by atoms with Crippen LogP contribution in [0.15, 0.2) is 12.1 Å². The number of rotatable bonds is 4. The number of benzene rings is 1. The predicted octanol–water partition coefficient (Wildman–Crippen LogP) is 2.65. The Morgan fingerprint density at radius 1 is 1.53 bits per heavy atom. The lowest BCUT2D eigenvalue weighted by molar-refractivity contribution is -0.137. The van der Waals surface area contributed by atoms with Crippen LogP contribution >= 0.6 is 0 Å². The molecule has 1 aliphatic rings. The summed E-state index contributed by atoms with van der Waals surface area (Å²) < 4.78 is 18.4. The van der Waals surface area contributed by atoms with Crippen molar-refractivity contribution in [1.82, 2.24) is 0 Å². The maximum Gasteiger partial charge on any atom is 0.304 e. The number of aliphatic carboxylic acids is 1. The largest absolute Gasteiger partial charge is 0.494 e. The Kier molecular flexibility index (Phi) is 2.81. The summed E-state index contributed by atoms with van der Waals surface area (Å²) in [5.74, 6) is -1.03. The van der Waals surface area contributed by atoms with Gasteiger partial charge in [0.05, 0.1) is 13.5 Å². The monoisotopic (exact) mass is 238 g/mol. The maximum atomic E-state index is 13.5. The van der Waals surface area contributed by atoms with Crippen LogP contribution in [0, 0.1) is 12.7 Å². The molecule has 0 aliphatic heterocycles.